The number of anilines is 1. The molecule has 1 aliphatic rings. The van der Waals surface area contributed by atoms with E-state index in [1.807, 2.05) is 0 Å². The van der Waals surface area contributed by atoms with Crippen LogP contribution < -0.4 is 16.1 Å². The van der Waals surface area contributed by atoms with Gasteiger partial charge in [0.15, 0.2) is 11.6 Å². The molecule has 118 valence electrons. The number of aromatic carboxylic acids is 1. The van der Waals surface area contributed by atoms with Crippen LogP contribution in [0.25, 0.3) is 11.0 Å². The number of rotatable bonds is 2. The molecule has 0 saturated carbocycles. The van der Waals surface area contributed by atoms with Gasteiger partial charge in [0.1, 0.15) is 11.2 Å². The maximum atomic E-state index is 14.2. The fourth-order valence-electron chi connectivity index (χ4n) is 2.47. The van der Waals surface area contributed by atoms with Gasteiger partial charge in [0, 0.05) is 25.3 Å². The van der Waals surface area contributed by atoms with E-state index < -0.39 is 22.8 Å². The van der Waals surface area contributed by atoms with Crippen LogP contribution in [-0.2, 0) is 0 Å². The van der Waals surface area contributed by atoms with Crippen LogP contribution in [0.3, 0.4) is 0 Å². The summed E-state index contributed by atoms with van der Waals surface area (Å²) < 4.78 is 14.2. The Morgan fingerprint density at radius 3 is 2.86 bits per heavy atom. The molecule has 0 aromatic carbocycles. The highest BCUT2D eigenvalue weighted by molar-refractivity contribution is 5.91. The maximum Gasteiger partial charge on any atom is 0.341 e. The van der Waals surface area contributed by atoms with Gasteiger partial charge in [-0.15, -0.1) is 12.4 Å². The zero-order valence-electron chi connectivity index (χ0n) is 11.4. The molecule has 2 aromatic rings. The van der Waals surface area contributed by atoms with Gasteiger partial charge in [0.25, 0.3) is 0 Å². The van der Waals surface area contributed by atoms with E-state index in [0.29, 0.717) is 13.1 Å². The molecule has 0 radical (unpaired) electrons. The lowest BCUT2D eigenvalue weighted by Crippen LogP contribution is -2.28. The molecule has 0 unspecified atom stereocenters. The minimum atomic E-state index is -1.37. The lowest BCUT2D eigenvalue weighted by atomic mass is 10.2. The number of nitrogens with zero attached hydrogens (tertiary/aromatic N) is 2. The summed E-state index contributed by atoms with van der Waals surface area (Å²) in [6, 6.07) is 0.989. The quantitative estimate of drug-likeness (QED) is 0.749. The molecule has 1 aliphatic heterocycles. The molecule has 0 spiro atoms. The normalized spacial score (nSPS) is 17.5. The third-order valence-corrected chi connectivity index (χ3v) is 3.55. The number of nitrogens with one attached hydrogen (secondary N) is 1. The number of carboxylic acids is 1. The van der Waals surface area contributed by atoms with Crippen LogP contribution in [-0.4, -0.2) is 40.2 Å². The molecule has 2 aromatic heterocycles. The molecule has 0 bridgehead atoms. The van der Waals surface area contributed by atoms with Gasteiger partial charge in [-0.1, -0.05) is 0 Å². The first-order chi connectivity index (χ1) is 9.97. The Morgan fingerprint density at radius 1 is 1.55 bits per heavy atom. The first-order valence-electron chi connectivity index (χ1n) is 6.43. The van der Waals surface area contributed by atoms with Crippen LogP contribution in [0.5, 0.6) is 0 Å². The van der Waals surface area contributed by atoms with E-state index in [1.54, 1.807) is 4.90 Å². The van der Waals surface area contributed by atoms with Crippen LogP contribution in [0.15, 0.2) is 17.1 Å². The van der Waals surface area contributed by atoms with Crippen molar-refractivity contribution in [3.63, 3.8) is 0 Å². The van der Waals surface area contributed by atoms with E-state index in [4.69, 9.17) is 10.8 Å². The van der Waals surface area contributed by atoms with Crippen molar-refractivity contribution < 1.29 is 14.3 Å². The van der Waals surface area contributed by atoms with Gasteiger partial charge < -0.3 is 20.7 Å². The van der Waals surface area contributed by atoms with Crippen LogP contribution in [0.4, 0.5) is 10.2 Å². The monoisotopic (exact) mass is 328 g/mol. The van der Waals surface area contributed by atoms with E-state index in [-0.39, 0.29) is 35.3 Å². The number of pyridine rings is 2. The molecule has 7 nitrogen and oxygen atoms in total. The molecule has 3 heterocycles. The van der Waals surface area contributed by atoms with Gasteiger partial charge in [-0.2, -0.15) is 0 Å². The van der Waals surface area contributed by atoms with Gasteiger partial charge in [-0.05, 0) is 12.5 Å². The molecule has 1 fully saturated rings. The van der Waals surface area contributed by atoms with E-state index >= 15 is 0 Å². The van der Waals surface area contributed by atoms with Gasteiger partial charge in [-0.3, -0.25) is 4.79 Å². The van der Waals surface area contributed by atoms with Crippen molar-refractivity contribution in [1.82, 2.24) is 9.97 Å². The Bertz CT molecular complexity index is 795. The van der Waals surface area contributed by atoms with Crippen molar-refractivity contribution in [2.75, 3.05) is 18.0 Å². The fraction of sp³-hybridized carbons (Fsp3) is 0.308. The zero-order chi connectivity index (χ0) is 15.1. The summed E-state index contributed by atoms with van der Waals surface area (Å²) in [5.41, 5.74) is 4.74. The van der Waals surface area contributed by atoms with Crippen molar-refractivity contribution in [2.24, 2.45) is 5.73 Å². The largest absolute Gasteiger partial charge is 0.477 e. The molecule has 0 aliphatic carbocycles. The molecular formula is C13H14ClFN4O3. The minimum absolute atomic E-state index is 0. The minimum Gasteiger partial charge on any atom is -0.477 e. The summed E-state index contributed by atoms with van der Waals surface area (Å²) in [5, 5.41) is 8.81. The smallest absolute Gasteiger partial charge is 0.341 e. The summed E-state index contributed by atoms with van der Waals surface area (Å²) in [7, 11) is 0. The molecular weight excluding hydrogens is 315 g/mol. The number of H-pyrrole nitrogens is 1. The number of nitrogens with two attached hydrogens (primary N) is 1. The van der Waals surface area contributed by atoms with E-state index in [9.17, 15) is 14.0 Å². The summed E-state index contributed by atoms with van der Waals surface area (Å²) in [6.07, 6.45) is 1.81. The van der Waals surface area contributed by atoms with Gasteiger partial charge in [0.2, 0.25) is 5.43 Å². The number of halogens is 2. The molecule has 0 amide bonds. The van der Waals surface area contributed by atoms with Gasteiger partial charge >= 0.3 is 5.97 Å². The molecule has 3 rings (SSSR count). The first kappa shape index (κ1) is 16.2. The van der Waals surface area contributed by atoms with E-state index in [0.717, 1.165) is 18.7 Å². The second kappa shape index (κ2) is 5.90. The molecule has 4 N–H and O–H groups in total. The highest BCUT2D eigenvalue weighted by Gasteiger charge is 2.24. The van der Waals surface area contributed by atoms with Crippen LogP contribution >= 0.6 is 12.4 Å². The lowest BCUT2D eigenvalue weighted by molar-refractivity contribution is 0.0695. The van der Waals surface area contributed by atoms with Crippen LogP contribution in [0.1, 0.15) is 16.8 Å². The van der Waals surface area contributed by atoms with E-state index in [2.05, 4.69) is 9.97 Å². The van der Waals surface area contributed by atoms with Gasteiger partial charge in [-0.25, -0.2) is 14.2 Å². The second-order valence-electron chi connectivity index (χ2n) is 5.02. The average molecular weight is 329 g/mol. The van der Waals surface area contributed by atoms with Crippen LogP contribution in [0.2, 0.25) is 0 Å². The topological polar surface area (TPSA) is 112 Å². The predicted octanol–water partition coefficient (Wildman–Crippen LogP) is 0.720. The summed E-state index contributed by atoms with van der Waals surface area (Å²) in [5.74, 6) is -1.91. The Labute approximate surface area is 130 Å². The number of hydrogen-bond acceptors (Lipinski definition) is 5. The predicted molar refractivity (Wildman–Crippen MR) is 81.3 cm³/mol. The molecule has 9 heteroatoms. The van der Waals surface area contributed by atoms with Crippen molar-refractivity contribution in [2.45, 2.75) is 12.5 Å². The molecule has 1 atom stereocenters. The number of carboxylic acid groups (broad SMARTS) is 1. The molecule has 1 saturated heterocycles. The van der Waals surface area contributed by atoms with Gasteiger partial charge in [0.05, 0.1) is 5.39 Å². The SMILES string of the molecule is Cl.N[C@@H]1CCN(c2nc3[nH]cc(C(=O)O)c(=O)c3cc2F)C1. The number of aromatic amines is 1. The first-order valence-corrected chi connectivity index (χ1v) is 6.43. The number of fused-ring (bicyclic) bond motifs is 1. The van der Waals surface area contributed by atoms with Crippen molar-refractivity contribution in [1.29, 1.82) is 0 Å². The summed E-state index contributed by atoms with van der Waals surface area (Å²) in [6.45, 7) is 1.08. The lowest BCUT2D eigenvalue weighted by Gasteiger charge is -2.17. The van der Waals surface area contributed by atoms with E-state index in [1.165, 1.54) is 0 Å². The number of hydrogen-bond donors (Lipinski definition) is 3. The highest BCUT2D eigenvalue weighted by Crippen LogP contribution is 2.23. The number of aromatic nitrogens is 2. The fourth-order valence-corrected chi connectivity index (χ4v) is 2.47. The standard InChI is InChI=1S/C13H13FN4O3.ClH/c14-9-3-7-10(19)8(13(20)21)4-16-11(7)17-12(9)18-2-1-6(15)5-18;/h3-4,6H,1-2,5,15H2,(H,20,21)(H,16,17,19);1H/t6-;/m1./s1. The van der Waals surface area contributed by atoms with Crippen molar-refractivity contribution >= 4 is 35.2 Å². The third kappa shape index (κ3) is 2.62. The average Bonchev–Trinajstić information content (AvgIpc) is 2.85. The Morgan fingerprint density at radius 2 is 2.27 bits per heavy atom. The zero-order valence-corrected chi connectivity index (χ0v) is 12.2. The van der Waals surface area contributed by atoms with Crippen molar-refractivity contribution in [3.8, 4) is 0 Å². The Balaban J connectivity index is 0.00000176. The second-order valence-corrected chi connectivity index (χ2v) is 5.02. The highest BCUT2D eigenvalue weighted by atomic mass is 35.5. The maximum absolute atomic E-state index is 14.2. The van der Waals surface area contributed by atoms with Crippen LogP contribution in [0, 0.1) is 5.82 Å². The third-order valence-electron chi connectivity index (χ3n) is 3.55. The molecule has 22 heavy (non-hydrogen) atoms. The van der Waals surface area contributed by atoms with Crippen molar-refractivity contribution in [3.05, 3.63) is 33.9 Å². The Hall–Kier alpha value is -2.19. The number of carbonyl (C=O) groups is 1. The summed E-state index contributed by atoms with van der Waals surface area (Å²) in [4.78, 5) is 31.3. The summed E-state index contributed by atoms with van der Waals surface area (Å²) >= 11 is 0. The Kier molecular flexibility index (Phi) is 4.34.